The Morgan fingerprint density at radius 3 is 2.86 bits per heavy atom. The molecule has 2 amide bonds. The van der Waals surface area contributed by atoms with Gasteiger partial charge in [-0.1, -0.05) is 18.2 Å². The first-order valence-electron chi connectivity index (χ1n) is 7.52. The normalized spacial score (nSPS) is 18.9. The van der Waals surface area contributed by atoms with E-state index in [1.165, 1.54) is 6.07 Å². The van der Waals surface area contributed by atoms with Gasteiger partial charge in [-0.25, -0.2) is 4.39 Å². The summed E-state index contributed by atoms with van der Waals surface area (Å²) in [5.41, 5.74) is 0.540. The van der Waals surface area contributed by atoms with E-state index in [1.807, 2.05) is 11.8 Å². The lowest BCUT2D eigenvalue weighted by Gasteiger charge is -2.35. The third kappa shape index (κ3) is 3.82. The fourth-order valence-corrected chi connectivity index (χ4v) is 2.52. The largest absolute Gasteiger partial charge is 0.353 e. The van der Waals surface area contributed by atoms with Crippen LogP contribution in [0.4, 0.5) is 4.39 Å². The smallest absolute Gasteiger partial charge is 0.237 e. The van der Waals surface area contributed by atoms with Crippen molar-refractivity contribution < 1.29 is 14.0 Å². The summed E-state index contributed by atoms with van der Waals surface area (Å²) in [4.78, 5) is 27.7. The van der Waals surface area contributed by atoms with Gasteiger partial charge in [0.25, 0.3) is 0 Å². The molecule has 1 saturated heterocycles. The fraction of sp³-hybridized carbons (Fsp3) is 0.500. The lowest BCUT2D eigenvalue weighted by molar-refractivity contribution is -0.138. The van der Waals surface area contributed by atoms with E-state index in [0.29, 0.717) is 31.7 Å². The van der Waals surface area contributed by atoms with E-state index in [-0.39, 0.29) is 24.1 Å². The predicted octanol–water partition coefficient (Wildman–Crippen LogP) is 0.995. The average molecular weight is 307 g/mol. The second-order valence-corrected chi connectivity index (χ2v) is 5.48. The van der Waals surface area contributed by atoms with Crippen molar-refractivity contribution in [1.82, 2.24) is 15.1 Å². The Labute approximate surface area is 130 Å². The molecule has 1 fully saturated rings. The molecule has 1 aromatic rings. The van der Waals surface area contributed by atoms with Crippen LogP contribution in [0.1, 0.15) is 18.9 Å². The Morgan fingerprint density at radius 2 is 2.18 bits per heavy atom. The van der Waals surface area contributed by atoms with Gasteiger partial charge in [0.1, 0.15) is 5.82 Å². The van der Waals surface area contributed by atoms with Crippen LogP contribution in [-0.4, -0.2) is 54.3 Å². The minimum atomic E-state index is -0.546. The van der Waals surface area contributed by atoms with Gasteiger partial charge in [-0.2, -0.15) is 0 Å². The van der Waals surface area contributed by atoms with Crippen molar-refractivity contribution in [3.8, 4) is 0 Å². The fourth-order valence-electron chi connectivity index (χ4n) is 2.52. The van der Waals surface area contributed by atoms with Crippen LogP contribution in [0.3, 0.4) is 0 Å². The van der Waals surface area contributed by atoms with E-state index >= 15 is 0 Å². The van der Waals surface area contributed by atoms with Crippen LogP contribution in [0.15, 0.2) is 24.3 Å². The van der Waals surface area contributed by atoms with Crippen molar-refractivity contribution >= 4 is 11.8 Å². The van der Waals surface area contributed by atoms with Crippen LogP contribution < -0.4 is 5.32 Å². The summed E-state index contributed by atoms with van der Waals surface area (Å²) in [7, 11) is 1.71. The van der Waals surface area contributed by atoms with Crippen LogP contribution in [0.5, 0.6) is 0 Å². The Hall–Kier alpha value is -1.95. The minimum Gasteiger partial charge on any atom is -0.353 e. The molecule has 0 radical (unpaired) electrons. The molecule has 1 aliphatic rings. The molecule has 5 nitrogen and oxygen atoms in total. The van der Waals surface area contributed by atoms with E-state index in [1.54, 1.807) is 30.1 Å². The van der Waals surface area contributed by atoms with Crippen LogP contribution in [0.2, 0.25) is 0 Å². The van der Waals surface area contributed by atoms with Gasteiger partial charge in [-0.05, 0) is 13.0 Å². The highest BCUT2D eigenvalue weighted by Crippen LogP contribution is 2.16. The predicted molar refractivity (Wildman–Crippen MR) is 81.5 cm³/mol. The number of carbonyl (C=O) groups is 2. The monoisotopic (exact) mass is 307 g/mol. The number of hydrogen-bond acceptors (Lipinski definition) is 3. The molecule has 0 unspecified atom stereocenters. The number of carbonyl (C=O) groups excluding carboxylic acids is 2. The molecule has 1 aromatic carbocycles. The zero-order valence-corrected chi connectivity index (χ0v) is 13.0. The van der Waals surface area contributed by atoms with Gasteiger partial charge < -0.3 is 10.2 Å². The lowest BCUT2D eigenvalue weighted by atomic mass is 10.1. The summed E-state index contributed by atoms with van der Waals surface area (Å²) in [5, 5.41) is 2.78. The van der Waals surface area contributed by atoms with Gasteiger partial charge in [0.2, 0.25) is 11.8 Å². The summed E-state index contributed by atoms with van der Waals surface area (Å²) in [6.07, 6.45) is 0.116. The number of nitrogens with zero attached hydrogens (tertiary/aromatic N) is 2. The molecule has 1 atom stereocenters. The maximum Gasteiger partial charge on any atom is 0.237 e. The molecule has 1 N–H and O–H groups in total. The third-order valence-electron chi connectivity index (χ3n) is 4.04. The summed E-state index contributed by atoms with van der Waals surface area (Å²) in [6, 6.07) is 5.98. The van der Waals surface area contributed by atoms with E-state index in [9.17, 15) is 14.0 Å². The standard InChI is InChI=1S/C16H22FN3O2/c1-3-19(2)15(21)10-14-16(22)18-8-9-20(14)11-12-6-4-5-7-13(12)17/h4-7,14H,3,8-11H2,1-2H3,(H,18,22)/t14-/m1/s1. The van der Waals surface area contributed by atoms with E-state index in [2.05, 4.69) is 5.32 Å². The van der Waals surface area contributed by atoms with Crippen molar-refractivity contribution in [1.29, 1.82) is 0 Å². The third-order valence-corrected chi connectivity index (χ3v) is 4.04. The van der Waals surface area contributed by atoms with Crippen LogP contribution in [0, 0.1) is 5.82 Å². The Morgan fingerprint density at radius 1 is 1.45 bits per heavy atom. The summed E-state index contributed by atoms with van der Waals surface area (Å²) in [6.45, 7) is 3.93. The molecule has 0 aliphatic carbocycles. The first-order valence-corrected chi connectivity index (χ1v) is 7.52. The van der Waals surface area contributed by atoms with Crippen molar-refractivity contribution in [2.45, 2.75) is 25.9 Å². The number of hydrogen-bond donors (Lipinski definition) is 1. The van der Waals surface area contributed by atoms with Gasteiger partial charge in [0.05, 0.1) is 12.5 Å². The average Bonchev–Trinajstić information content (AvgIpc) is 2.51. The van der Waals surface area contributed by atoms with Crippen molar-refractivity contribution in [2.24, 2.45) is 0 Å². The Bertz CT molecular complexity index is 550. The minimum absolute atomic E-state index is 0.0805. The van der Waals surface area contributed by atoms with E-state index in [0.717, 1.165) is 0 Å². The van der Waals surface area contributed by atoms with Crippen molar-refractivity contribution in [2.75, 3.05) is 26.7 Å². The maximum absolute atomic E-state index is 13.8. The number of halogens is 1. The highest BCUT2D eigenvalue weighted by molar-refractivity contribution is 5.88. The molecule has 1 aliphatic heterocycles. The molecular formula is C16H22FN3O2. The summed E-state index contributed by atoms with van der Waals surface area (Å²) >= 11 is 0. The second-order valence-electron chi connectivity index (χ2n) is 5.48. The Balaban J connectivity index is 2.11. The number of rotatable bonds is 5. The van der Waals surface area contributed by atoms with Crippen LogP contribution in [-0.2, 0) is 16.1 Å². The van der Waals surface area contributed by atoms with Gasteiger partial charge in [-0.3, -0.25) is 14.5 Å². The van der Waals surface area contributed by atoms with Gasteiger partial charge in [-0.15, -0.1) is 0 Å². The zero-order chi connectivity index (χ0) is 16.1. The lowest BCUT2D eigenvalue weighted by Crippen LogP contribution is -2.56. The second kappa shape index (κ2) is 7.35. The quantitative estimate of drug-likeness (QED) is 0.883. The van der Waals surface area contributed by atoms with Gasteiger partial charge in [0.15, 0.2) is 0 Å². The van der Waals surface area contributed by atoms with E-state index < -0.39 is 6.04 Å². The first-order chi connectivity index (χ1) is 10.5. The number of benzene rings is 1. The van der Waals surface area contributed by atoms with Gasteiger partial charge >= 0.3 is 0 Å². The maximum atomic E-state index is 13.8. The molecular weight excluding hydrogens is 285 g/mol. The summed E-state index contributed by atoms with van der Waals surface area (Å²) < 4.78 is 13.8. The molecule has 1 heterocycles. The molecule has 0 spiro atoms. The number of nitrogens with one attached hydrogen (secondary N) is 1. The SMILES string of the molecule is CCN(C)C(=O)C[C@@H]1C(=O)NCCN1Cc1ccccc1F. The number of piperazine rings is 1. The van der Waals surface area contributed by atoms with Crippen molar-refractivity contribution in [3.63, 3.8) is 0 Å². The molecule has 0 aromatic heterocycles. The topological polar surface area (TPSA) is 52.7 Å². The highest BCUT2D eigenvalue weighted by Gasteiger charge is 2.32. The highest BCUT2D eigenvalue weighted by atomic mass is 19.1. The van der Waals surface area contributed by atoms with Crippen LogP contribution in [0.25, 0.3) is 0 Å². The molecule has 0 bridgehead atoms. The zero-order valence-electron chi connectivity index (χ0n) is 13.0. The van der Waals surface area contributed by atoms with Gasteiger partial charge in [0, 0.05) is 38.8 Å². The van der Waals surface area contributed by atoms with Crippen LogP contribution >= 0.6 is 0 Å². The molecule has 120 valence electrons. The molecule has 22 heavy (non-hydrogen) atoms. The molecule has 0 saturated carbocycles. The molecule has 6 heteroatoms. The Kier molecular flexibility index (Phi) is 5.49. The summed E-state index contributed by atoms with van der Waals surface area (Å²) in [5.74, 6) is -0.534. The van der Waals surface area contributed by atoms with Crippen molar-refractivity contribution in [3.05, 3.63) is 35.6 Å². The van der Waals surface area contributed by atoms with E-state index in [4.69, 9.17) is 0 Å². The number of amides is 2. The first kappa shape index (κ1) is 16.4. The molecule has 2 rings (SSSR count).